The van der Waals surface area contributed by atoms with Gasteiger partial charge >= 0.3 is 0 Å². The summed E-state index contributed by atoms with van der Waals surface area (Å²) >= 11 is 0. The van der Waals surface area contributed by atoms with Crippen LogP contribution in [0.3, 0.4) is 0 Å². The zero-order chi connectivity index (χ0) is 14.8. The Kier molecular flexibility index (Phi) is 10.9. The number of nitrogens with one attached hydrogen (secondary N) is 2. The van der Waals surface area contributed by atoms with Crippen LogP contribution in [0.15, 0.2) is 17.1 Å². The second kappa shape index (κ2) is 12.1. The molecule has 0 aromatic rings. The van der Waals surface area contributed by atoms with Crippen molar-refractivity contribution in [3.63, 3.8) is 0 Å². The van der Waals surface area contributed by atoms with Gasteiger partial charge in [-0.3, -0.25) is 9.89 Å². The van der Waals surface area contributed by atoms with Gasteiger partial charge in [0, 0.05) is 32.2 Å². The van der Waals surface area contributed by atoms with Crippen LogP contribution >= 0.6 is 24.0 Å². The Morgan fingerprint density at radius 1 is 1.23 bits per heavy atom. The molecule has 0 atom stereocenters. The zero-order valence-electron chi connectivity index (χ0n) is 13.7. The van der Waals surface area contributed by atoms with Gasteiger partial charge in [0.05, 0.1) is 13.2 Å². The maximum atomic E-state index is 5.36. The van der Waals surface area contributed by atoms with Gasteiger partial charge in [-0.1, -0.05) is 12.2 Å². The Hall–Kier alpha value is -0.340. The first-order chi connectivity index (χ1) is 10.4. The molecule has 0 amide bonds. The summed E-state index contributed by atoms with van der Waals surface area (Å²) in [5.74, 6) is 0.970. The van der Waals surface area contributed by atoms with Crippen molar-refractivity contribution in [3.8, 4) is 0 Å². The lowest BCUT2D eigenvalue weighted by Crippen LogP contribution is -2.42. The van der Waals surface area contributed by atoms with Crippen molar-refractivity contribution in [1.82, 2.24) is 15.5 Å². The fourth-order valence-electron chi connectivity index (χ4n) is 2.71. The van der Waals surface area contributed by atoms with Crippen LogP contribution in [0, 0.1) is 0 Å². The van der Waals surface area contributed by atoms with Crippen molar-refractivity contribution in [2.75, 3.05) is 45.9 Å². The molecule has 1 fully saturated rings. The third-order valence-corrected chi connectivity index (χ3v) is 3.95. The molecule has 0 bridgehead atoms. The van der Waals surface area contributed by atoms with Crippen LogP contribution in [0.2, 0.25) is 0 Å². The van der Waals surface area contributed by atoms with Crippen LogP contribution in [0.25, 0.3) is 0 Å². The number of halogens is 1. The highest BCUT2D eigenvalue weighted by Crippen LogP contribution is 2.08. The molecule has 6 heteroatoms. The summed E-state index contributed by atoms with van der Waals surface area (Å²) in [6.07, 6.45) is 9.07. The minimum absolute atomic E-state index is 0. The average molecular weight is 422 g/mol. The van der Waals surface area contributed by atoms with E-state index in [9.17, 15) is 0 Å². The maximum absolute atomic E-state index is 5.36. The number of nitrogens with zero attached hydrogens (tertiary/aromatic N) is 2. The van der Waals surface area contributed by atoms with Crippen molar-refractivity contribution in [1.29, 1.82) is 0 Å². The van der Waals surface area contributed by atoms with Crippen LogP contribution in [0.4, 0.5) is 0 Å². The second-order valence-electron chi connectivity index (χ2n) is 5.71. The third-order valence-electron chi connectivity index (χ3n) is 3.95. The van der Waals surface area contributed by atoms with Gasteiger partial charge in [-0.15, -0.1) is 24.0 Å². The molecular formula is C16H31IN4O. The van der Waals surface area contributed by atoms with E-state index in [0.29, 0.717) is 6.04 Å². The average Bonchev–Trinajstić information content (AvgIpc) is 3.01. The number of morpholine rings is 1. The SMILES string of the molecule is CCNC(=NCCCCN1CCOCC1)NC1CC=CC1.I. The summed E-state index contributed by atoms with van der Waals surface area (Å²) in [5.41, 5.74) is 0. The lowest BCUT2D eigenvalue weighted by Gasteiger charge is -2.26. The Morgan fingerprint density at radius 2 is 1.95 bits per heavy atom. The molecule has 0 aromatic heterocycles. The second-order valence-corrected chi connectivity index (χ2v) is 5.71. The first-order valence-corrected chi connectivity index (χ1v) is 8.38. The molecule has 0 unspecified atom stereocenters. The molecule has 0 spiro atoms. The number of guanidine groups is 1. The molecule has 1 aliphatic carbocycles. The van der Waals surface area contributed by atoms with Gasteiger partial charge in [0.1, 0.15) is 0 Å². The van der Waals surface area contributed by atoms with Gasteiger partial charge in [0.25, 0.3) is 0 Å². The molecule has 1 heterocycles. The van der Waals surface area contributed by atoms with E-state index in [-0.39, 0.29) is 24.0 Å². The highest BCUT2D eigenvalue weighted by Gasteiger charge is 2.11. The van der Waals surface area contributed by atoms with Crippen molar-refractivity contribution >= 4 is 29.9 Å². The quantitative estimate of drug-likeness (QED) is 0.217. The minimum atomic E-state index is 0. The molecule has 5 nitrogen and oxygen atoms in total. The molecule has 0 radical (unpaired) electrons. The maximum Gasteiger partial charge on any atom is 0.191 e. The summed E-state index contributed by atoms with van der Waals surface area (Å²) in [7, 11) is 0. The third kappa shape index (κ3) is 7.78. The summed E-state index contributed by atoms with van der Waals surface area (Å²) in [6, 6.07) is 0.524. The van der Waals surface area contributed by atoms with Crippen molar-refractivity contribution in [2.24, 2.45) is 4.99 Å². The zero-order valence-corrected chi connectivity index (χ0v) is 16.1. The Bertz CT molecular complexity index is 335. The molecule has 22 heavy (non-hydrogen) atoms. The number of ether oxygens (including phenoxy) is 1. The number of hydrogen-bond donors (Lipinski definition) is 2. The lowest BCUT2D eigenvalue weighted by molar-refractivity contribution is 0.0373. The first kappa shape index (κ1) is 19.7. The van der Waals surface area contributed by atoms with E-state index in [1.807, 2.05) is 0 Å². The van der Waals surface area contributed by atoms with Gasteiger partial charge in [0.15, 0.2) is 5.96 Å². The van der Waals surface area contributed by atoms with Crippen LogP contribution in [0.5, 0.6) is 0 Å². The molecule has 2 aliphatic rings. The Balaban J connectivity index is 0.00000242. The molecule has 0 aromatic carbocycles. The molecule has 1 aliphatic heterocycles. The molecule has 1 saturated heterocycles. The van der Waals surface area contributed by atoms with Crippen molar-refractivity contribution in [2.45, 2.75) is 38.6 Å². The summed E-state index contributed by atoms with van der Waals surface area (Å²) in [6.45, 7) is 9.06. The smallest absolute Gasteiger partial charge is 0.191 e. The van der Waals surface area contributed by atoms with E-state index < -0.39 is 0 Å². The normalized spacial score (nSPS) is 20.0. The monoisotopic (exact) mass is 422 g/mol. The highest BCUT2D eigenvalue weighted by atomic mass is 127. The predicted molar refractivity (Wildman–Crippen MR) is 103 cm³/mol. The predicted octanol–water partition coefficient (Wildman–Crippen LogP) is 1.99. The molecule has 128 valence electrons. The van der Waals surface area contributed by atoms with E-state index in [2.05, 4.69) is 39.6 Å². The van der Waals surface area contributed by atoms with Crippen LogP contribution < -0.4 is 10.6 Å². The number of unbranched alkanes of at least 4 members (excludes halogenated alkanes) is 1. The summed E-state index contributed by atoms with van der Waals surface area (Å²) in [5, 5.41) is 6.84. The number of rotatable bonds is 7. The standard InChI is InChI=1S/C16H30N4O.HI/c1-2-17-16(19-15-7-3-4-8-15)18-9-5-6-10-20-11-13-21-14-12-20;/h3-4,15H,2,5-14H2,1H3,(H2,17,18,19);1H. The van der Waals surface area contributed by atoms with Crippen LogP contribution in [0.1, 0.15) is 32.6 Å². The lowest BCUT2D eigenvalue weighted by atomic mass is 10.2. The van der Waals surface area contributed by atoms with Gasteiger partial charge in [0.2, 0.25) is 0 Å². The minimum Gasteiger partial charge on any atom is -0.379 e. The highest BCUT2D eigenvalue weighted by molar-refractivity contribution is 14.0. The van der Waals surface area contributed by atoms with Crippen LogP contribution in [-0.2, 0) is 4.74 Å². The van der Waals surface area contributed by atoms with Crippen molar-refractivity contribution in [3.05, 3.63) is 12.2 Å². The van der Waals surface area contributed by atoms with E-state index in [4.69, 9.17) is 4.74 Å². The molecule has 2 N–H and O–H groups in total. The molecule has 0 saturated carbocycles. The van der Waals surface area contributed by atoms with Gasteiger partial charge < -0.3 is 15.4 Å². The topological polar surface area (TPSA) is 48.9 Å². The van der Waals surface area contributed by atoms with Crippen molar-refractivity contribution < 1.29 is 4.74 Å². The fraction of sp³-hybridized carbons (Fsp3) is 0.812. The molecular weight excluding hydrogens is 391 g/mol. The first-order valence-electron chi connectivity index (χ1n) is 8.38. The Morgan fingerprint density at radius 3 is 2.64 bits per heavy atom. The van der Waals surface area contributed by atoms with Gasteiger partial charge in [-0.2, -0.15) is 0 Å². The Labute approximate surface area is 152 Å². The van der Waals surface area contributed by atoms with E-state index >= 15 is 0 Å². The van der Waals surface area contributed by atoms with E-state index in [1.54, 1.807) is 0 Å². The van der Waals surface area contributed by atoms with E-state index in [1.165, 1.54) is 13.0 Å². The van der Waals surface area contributed by atoms with Crippen LogP contribution in [-0.4, -0.2) is 62.8 Å². The van der Waals surface area contributed by atoms with Gasteiger partial charge in [-0.25, -0.2) is 0 Å². The number of aliphatic imine (C=N–C) groups is 1. The van der Waals surface area contributed by atoms with Gasteiger partial charge in [-0.05, 0) is 39.2 Å². The molecule has 2 rings (SSSR count). The summed E-state index contributed by atoms with van der Waals surface area (Å²) < 4.78 is 5.36. The largest absolute Gasteiger partial charge is 0.379 e. The van der Waals surface area contributed by atoms with E-state index in [0.717, 1.165) is 64.6 Å². The summed E-state index contributed by atoms with van der Waals surface area (Å²) in [4.78, 5) is 7.17. The fourth-order valence-corrected chi connectivity index (χ4v) is 2.71. The number of hydrogen-bond acceptors (Lipinski definition) is 3.